The molecular formula is C26H34N6O2. The van der Waals surface area contributed by atoms with E-state index in [-0.39, 0.29) is 24.1 Å². The van der Waals surface area contributed by atoms with Crippen LogP contribution in [0.25, 0.3) is 5.82 Å². The molecule has 0 aromatic carbocycles. The minimum Gasteiger partial charge on any atom is -0.334 e. The Bertz CT molecular complexity index is 1200. The van der Waals surface area contributed by atoms with Crippen molar-refractivity contribution in [3.63, 3.8) is 0 Å². The van der Waals surface area contributed by atoms with Crippen molar-refractivity contribution < 1.29 is 4.79 Å². The molecule has 0 saturated carbocycles. The van der Waals surface area contributed by atoms with Crippen molar-refractivity contribution in [2.75, 3.05) is 19.6 Å². The Morgan fingerprint density at radius 3 is 2.82 bits per heavy atom. The average molecular weight is 463 g/mol. The molecule has 2 aromatic heterocycles. The lowest BCUT2D eigenvalue weighted by Gasteiger charge is -2.54. The summed E-state index contributed by atoms with van der Waals surface area (Å²) in [4.78, 5) is 31.0. The fourth-order valence-corrected chi connectivity index (χ4v) is 7.00. The predicted octanol–water partition coefficient (Wildman–Crippen LogP) is 2.47. The SMILES string of the molecule is Cc1cc(C)n(-c2ccc(=O)n(CC(=O)N3CCCC4=C[C@H]5C[C@@H](CN6CCCC[C@H]56)[C@H]43)n2)n1. The fraction of sp³-hybridized carbons (Fsp3) is 0.615. The molecule has 0 spiro atoms. The van der Waals surface area contributed by atoms with Crippen molar-refractivity contribution in [2.24, 2.45) is 11.8 Å². The van der Waals surface area contributed by atoms with Crippen LogP contribution in [-0.2, 0) is 11.3 Å². The summed E-state index contributed by atoms with van der Waals surface area (Å²) >= 11 is 0. The predicted molar refractivity (Wildman–Crippen MR) is 129 cm³/mol. The normalized spacial score (nSPS) is 28.8. The van der Waals surface area contributed by atoms with E-state index in [0.29, 0.717) is 23.7 Å². The van der Waals surface area contributed by atoms with Gasteiger partial charge in [-0.25, -0.2) is 9.36 Å². The van der Waals surface area contributed by atoms with Crippen molar-refractivity contribution in [2.45, 2.75) is 71.0 Å². The number of amides is 1. The van der Waals surface area contributed by atoms with Crippen LogP contribution in [0.5, 0.6) is 0 Å². The first kappa shape index (κ1) is 21.8. The van der Waals surface area contributed by atoms with E-state index in [1.54, 1.807) is 10.7 Å². The maximum absolute atomic E-state index is 13.6. The maximum atomic E-state index is 13.6. The average Bonchev–Trinajstić information content (AvgIpc) is 3.18. The lowest BCUT2D eigenvalue weighted by molar-refractivity contribution is -0.137. The molecule has 3 aliphatic heterocycles. The van der Waals surface area contributed by atoms with Crippen LogP contribution in [0.1, 0.15) is 49.9 Å². The number of hydrogen-bond donors (Lipinski definition) is 0. The van der Waals surface area contributed by atoms with Gasteiger partial charge in [0.15, 0.2) is 5.82 Å². The highest BCUT2D eigenvalue weighted by Crippen LogP contribution is 2.45. The van der Waals surface area contributed by atoms with Gasteiger partial charge in [-0.2, -0.15) is 5.10 Å². The zero-order valence-electron chi connectivity index (χ0n) is 20.2. The second-order valence-corrected chi connectivity index (χ2v) is 10.6. The molecule has 0 unspecified atom stereocenters. The molecular weight excluding hydrogens is 428 g/mol. The van der Waals surface area contributed by atoms with Crippen LogP contribution in [0.4, 0.5) is 0 Å². The van der Waals surface area contributed by atoms with Gasteiger partial charge < -0.3 is 4.90 Å². The number of hydrogen-bond acceptors (Lipinski definition) is 5. The highest BCUT2D eigenvalue weighted by atomic mass is 16.2. The van der Waals surface area contributed by atoms with Gasteiger partial charge in [0.05, 0.1) is 11.7 Å². The lowest BCUT2D eigenvalue weighted by atomic mass is 9.68. The Balaban J connectivity index is 1.26. The number of rotatable bonds is 3. The van der Waals surface area contributed by atoms with Gasteiger partial charge in [0.1, 0.15) is 6.54 Å². The molecule has 4 aliphatic rings. The largest absolute Gasteiger partial charge is 0.334 e. The summed E-state index contributed by atoms with van der Waals surface area (Å²) in [6.07, 6.45) is 9.75. The second-order valence-electron chi connectivity index (χ2n) is 10.6. The van der Waals surface area contributed by atoms with Crippen molar-refractivity contribution in [3.05, 3.63) is 51.6 Å². The van der Waals surface area contributed by atoms with Gasteiger partial charge in [-0.15, -0.1) is 5.10 Å². The van der Waals surface area contributed by atoms with Crippen LogP contribution in [0.3, 0.4) is 0 Å². The number of likely N-dealkylation sites (tertiary alicyclic amines) is 1. The van der Waals surface area contributed by atoms with E-state index in [2.05, 4.69) is 26.1 Å². The number of aryl methyl sites for hydroxylation is 2. The van der Waals surface area contributed by atoms with E-state index in [1.165, 1.54) is 48.5 Å². The summed E-state index contributed by atoms with van der Waals surface area (Å²) in [5.74, 6) is 1.69. The molecule has 5 heterocycles. The summed E-state index contributed by atoms with van der Waals surface area (Å²) in [6.45, 7) is 6.90. The lowest BCUT2D eigenvalue weighted by Crippen LogP contribution is -2.60. The standard InChI is InChI=1S/C26H34N6O2/c1-17-12-18(2)32(27-17)23-8-9-24(33)31(28-23)16-25(34)30-11-5-6-19-13-20-14-21(26(19)30)15-29-10-4-3-7-22(20)29/h8-9,12-13,20-22,26H,3-7,10-11,14-16H2,1-2H3/t20-,21-,22+,26-/m0/s1. The monoisotopic (exact) mass is 462 g/mol. The smallest absolute Gasteiger partial charge is 0.267 e. The summed E-state index contributed by atoms with van der Waals surface area (Å²) in [5, 5.41) is 8.98. The minimum atomic E-state index is -0.260. The molecule has 180 valence electrons. The summed E-state index contributed by atoms with van der Waals surface area (Å²) in [6, 6.07) is 6.00. The van der Waals surface area contributed by atoms with Crippen molar-refractivity contribution in [3.8, 4) is 5.82 Å². The second kappa shape index (κ2) is 8.48. The fourth-order valence-electron chi connectivity index (χ4n) is 7.00. The third kappa shape index (κ3) is 3.72. The van der Waals surface area contributed by atoms with E-state index >= 15 is 0 Å². The Morgan fingerprint density at radius 1 is 1.12 bits per heavy atom. The van der Waals surface area contributed by atoms with Crippen LogP contribution in [0.2, 0.25) is 0 Å². The van der Waals surface area contributed by atoms with Crippen molar-refractivity contribution in [1.82, 2.24) is 29.4 Å². The van der Waals surface area contributed by atoms with Gasteiger partial charge in [-0.3, -0.25) is 14.5 Å². The Labute approximate surface area is 200 Å². The molecule has 2 aromatic rings. The molecule has 8 nitrogen and oxygen atoms in total. The van der Waals surface area contributed by atoms with Crippen LogP contribution in [0.15, 0.2) is 34.6 Å². The topological polar surface area (TPSA) is 76.3 Å². The molecule has 4 atom stereocenters. The zero-order chi connectivity index (χ0) is 23.4. The number of aromatic nitrogens is 4. The van der Waals surface area contributed by atoms with Gasteiger partial charge >= 0.3 is 0 Å². The van der Waals surface area contributed by atoms with Gasteiger partial charge in [0, 0.05) is 30.9 Å². The van der Waals surface area contributed by atoms with Crippen molar-refractivity contribution in [1.29, 1.82) is 0 Å². The van der Waals surface area contributed by atoms with E-state index in [0.717, 1.165) is 37.3 Å². The minimum absolute atomic E-state index is 0.00469. The van der Waals surface area contributed by atoms with Crippen LogP contribution in [0, 0.1) is 25.7 Å². The molecule has 8 heteroatoms. The summed E-state index contributed by atoms with van der Waals surface area (Å²) in [5.41, 5.74) is 3.03. The molecule has 0 radical (unpaired) electrons. The molecule has 34 heavy (non-hydrogen) atoms. The van der Waals surface area contributed by atoms with Crippen LogP contribution in [-0.4, -0.2) is 67.0 Å². The molecule has 2 bridgehead atoms. The zero-order valence-corrected chi connectivity index (χ0v) is 20.2. The first-order chi connectivity index (χ1) is 16.5. The number of nitrogens with zero attached hydrogens (tertiary/aromatic N) is 6. The third-order valence-corrected chi connectivity index (χ3v) is 8.34. The number of carbonyl (C=O) groups excluding carboxylic acids is 1. The quantitative estimate of drug-likeness (QED) is 0.655. The number of piperidine rings is 3. The highest BCUT2D eigenvalue weighted by Gasteiger charge is 2.46. The molecule has 3 fully saturated rings. The molecule has 1 amide bonds. The molecule has 1 aliphatic carbocycles. The molecule has 3 saturated heterocycles. The van der Waals surface area contributed by atoms with E-state index in [9.17, 15) is 9.59 Å². The van der Waals surface area contributed by atoms with Gasteiger partial charge in [-0.05, 0) is 76.5 Å². The van der Waals surface area contributed by atoms with Crippen LogP contribution < -0.4 is 5.56 Å². The number of fused-ring (bicyclic) bond motifs is 6. The third-order valence-electron chi connectivity index (χ3n) is 8.34. The molecule has 0 N–H and O–H groups in total. The maximum Gasteiger partial charge on any atom is 0.267 e. The van der Waals surface area contributed by atoms with Crippen LogP contribution >= 0.6 is 0 Å². The highest BCUT2D eigenvalue weighted by molar-refractivity contribution is 5.77. The van der Waals surface area contributed by atoms with Gasteiger partial charge in [0.2, 0.25) is 5.91 Å². The molecule has 6 rings (SSSR count). The van der Waals surface area contributed by atoms with Gasteiger partial charge in [-0.1, -0.05) is 18.1 Å². The number of carbonyl (C=O) groups is 1. The Hall–Kier alpha value is -2.74. The van der Waals surface area contributed by atoms with E-state index in [1.807, 2.05) is 19.9 Å². The first-order valence-electron chi connectivity index (χ1n) is 12.8. The summed E-state index contributed by atoms with van der Waals surface area (Å²) < 4.78 is 3.02. The van der Waals surface area contributed by atoms with E-state index < -0.39 is 0 Å². The van der Waals surface area contributed by atoms with Gasteiger partial charge in [0.25, 0.3) is 5.56 Å². The Morgan fingerprint density at radius 2 is 2.00 bits per heavy atom. The van der Waals surface area contributed by atoms with E-state index in [4.69, 9.17) is 0 Å². The summed E-state index contributed by atoms with van der Waals surface area (Å²) in [7, 11) is 0. The van der Waals surface area contributed by atoms with Crippen molar-refractivity contribution >= 4 is 5.91 Å². The first-order valence-corrected chi connectivity index (χ1v) is 12.8. The Kier molecular flexibility index (Phi) is 5.43.